The molecular weight excluding hydrogens is 252 g/mol. The van der Waals surface area contributed by atoms with Crippen LogP contribution >= 0.6 is 0 Å². The van der Waals surface area contributed by atoms with Crippen molar-refractivity contribution >= 4 is 21.7 Å². The van der Waals surface area contributed by atoms with E-state index in [4.69, 9.17) is 4.74 Å². The molecule has 1 saturated heterocycles. The largest absolute Gasteiger partial charge is 0.490 e. The van der Waals surface area contributed by atoms with Crippen molar-refractivity contribution < 1.29 is 4.74 Å². The predicted molar refractivity (Wildman–Crippen MR) is 84.3 cm³/mol. The van der Waals surface area contributed by atoms with Crippen molar-refractivity contribution in [3.05, 3.63) is 36.4 Å². The van der Waals surface area contributed by atoms with Gasteiger partial charge in [-0.25, -0.2) is 0 Å². The quantitative estimate of drug-likeness (QED) is 0.753. The van der Waals surface area contributed by atoms with E-state index in [0.717, 1.165) is 5.75 Å². The van der Waals surface area contributed by atoms with Crippen molar-refractivity contribution in [2.75, 3.05) is 11.5 Å². The summed E-state index contributed by atoms with van der Waals surface area (Å²) in [6.45, 7) is 4.17. The number of fused-ring (bicyclic) bond motifs is 1. The van der Waals surface area contributed by atoms with Crippen molar-refractivity contribution in [1.82, 2.24) is 0 Å². The number of hydrogen-bond acceptors (Lipinski definition) is 1. The fourth-order valence-corrected chi connectivity index (χ4v) is 5.23. The lowest BCUT2D eigenvalue weighted by molar-refractivity contribution is 0.245. The minimum Gasteiger partial charge on any atom is -0.490 e. The van der Waals surface area contributed by atoms with Crippen molar-refractivity contribution in [2.45, 2.75) is 37.7 Å². The summed E-state index contributed by atoms with van der Waals surface area (Å²) in [5.41, 5.74) is 0. The highest BCUT2D eigenvalue weighted by molar-refractivity contribution is 7.97. The normalized spacial score (nSPS) is 16.4. The highest BCUT2D eigenvalue weighted by Gasteiger charge is 2.29. The third kappa shape index (κ3) is 2.59. The van der Waals surface area contributed by atoms with Crippen molar-refractivity contribution in [3.63, 3.8) is 0 Å². The monoisotopic (exact) mass is 273 g/mol. The second kappa shape index (κ2) is 5.46. The van der Waals surface area contributed by atoms with Gasteiger partial charge < -0.3 is 4.74 Å². The van der Waals surface area contributed by atoms with Gasteiger partial charge in [-0.1, -0.05) is 18.2 Å². The molecule has 19 heavy (non-hydrogen) atoms. The van der Waals surface area contributed by atoms with Gasteiger partial charge in [-0.2, -0.15) is 0 Å². The van der Waals surface area contributed by atoms with Crippen molar-refractivity contribution in [3.8, 4) is 5.75 Å². The Kier molecular flexibility index (Phi) is 3.69. The van der Waals surface area contributed by atoms with E-state index in [9.17, 15) is 0 Å². The molecule has 0 spiro atoms. The first-order valence-corrected chi connectivity index (χ1v) is 8.68. The zero-order chi connectivity index (χ0) is 13.2. The molecule has 0 radical (unpaired) electrons. The van der Waals surface area contributed by atoms with Gasteiger partial charge in [0.1, 0.15) is 17.3 Å². The molecule has 0 aromatic heterocycles. The Balaban J connectivity index is 2.10. The molecule has 1 nitrogen and oxygen atoms in total. The van der Waals surface area contributed by atoms with Crippen LogP contribution < -0.4 is 4.74 Å². The molecule has 0 N–H and O–H groups in total. The molecule has 2 aromatic rings. The molecule has 0 aliphatic carbocycles. The molecule has 1 aliphatic heterocycles. The molecule has 3 rings (SSSR count). The molecule has 100 valence electrons. The summed E-state index contributed by atoms with van der Waals surface area (Å²) in [5.74, 6) is 3.76. The third-order valence-corrected chi connectivity index (χ3v) is 6.09. The molecular formula is C17H21OS+. The third-order valence-electron chi connectivity index (χ3n) is 3.55. The van der Waals surface area contributed by atoms with Crippen LogP contribution in [0.25, 0.3) is 10.8 Å². The summed E-state index contributed by atoms with van der Waals surface area (Å²) >= 11 is 0. The van der Waals surface area contributed by atoms with E-state index in [1.165, 1.54) is 35.1 Å². The fraction of sp³-hybridized carbons (Fsp3) is 0.412. The van der Waals surface area contributed by atoms with Gasteiger partial charge in [0.2, 0.25) is 0 Å². The van der Waals surface area contributed by atoms with Crippen LogP contribution in [0.1, 0.15) is 26.7 Å². The van der Waals surface area contributed by atoms with Gasteiger partial charge in [0, 0.05) is 21.7 Å². The van der Waals surface area contributed by atoms with Gasteiger partial charge in [0.15, 0.2) is 4.90 Å². The number of hydrogen-bond donors (Lipinski definition) is 0. The molecule has 1 heterocycles. The number of benzene rings is 2. The van der Waals surface area contributed by atoms with E-state index in [-0.39, 0.29) is 6.10 Å². The molecule has 1 aliphatic rings. The smallest absolute Gasteiger partial charge is 0.162 e. The van der Waals surface area contributed by atoms with Gasteiger partial charge in [-0.05, 0) is 44.9 Å². The Labute approximate surface area is 118 Å². The molecule has 2 heteroatoms. The topological polar surface area (TPSA) is 9.23 Å². The Hall–Kier alpha value is -1.15. The summed E-state index contributed by atoms with van der Waals surface area (Å²) < 4.78 is 5.95. The highest BCUT2D eigenvalue weighted by Crippen LogP contribution is 2.34. The second-order valence-corrected chi connectivity index (χ2v) is 7.62. The minimum atomic E-state index is 0.225. The maximum absolute atomic E-state index is 5.95. The Morgan fingerprint density at radius 3 is 2.32 bits per heavy atom. The van der Waals surface area contributed by atoms with E-state index in [2.05, 4.69) is 50.2 Å². The maximum atomic E-state index is 5.95. The van der Waals surface area contributed by atoms with Crippen LogP contribution in [-0.2, 0) is 10.9 Å². The van der Waals surface area contributed by atoms with Gasteiger partial charge in [0.05, 0.1) is 6.10 Å². The summed E-state index contributed by atoms with van der Waals surface area (Å²) in [5, 5.41) is 2.67. The van der Waals surface area contributed by atoms with Gasteiger partial charge in [0.25, 0.3) is 0 Å². The highest BCUT2D eigenvalue weighted by atomic mass is 32.2. The van der Waals surface area contributed by atoms with Crippen molar-refractivity contribution in [1.29, 1.82) is 0 Å². The van der Waals surface area contributed by atoms with E-state index in [0.29, 0.717) is 10.9 Å². The SMILES string of the molecule is CC(C)Oc1ccc([S+]2CCCC2)c2ccccc12. The number of ether oxygens (including phenoxy) is 1. The van der Waals surface area contributed by atoms with Crippen LogP contribution in [0.4, 0.5) is 0 Å². The molecule has 0 amide bonds. The maximum Gasteiger partial charge on any atom is 0.162 e. The predicted octanol–water partition coefficient (Wildman–Crippen LogP) is 4.40. The lowest BCUT2D eigenvalue weighted by Gasteiger charge is -2.13. The Bertz CT molecular complexity index is 570. The first-order valence-electron chi connectivity index (χ1n) is 7.11. The van der Waals surface area contributed by atoms with Crippen LogP contribution in [0.5, 0.6) is 5.75 Å². The van der Waals surface area contributed by atoms with Crippen LogP contribution in [0.15, 0.2) is 41.3 Å². The first kappa shape index (κ1) is 12.9. The van der Waals surface area contributed by atoms with E-state index >= 15 is 0 Å². The van der Waals surface area contributed by atoms with Crippen LogP contribution in [0.3, 0.4) is 0 Å². The molecule has 1 fully saturated rings. The van der Waals surface area contributed by atoms with Crippen LogP contribution in [0, 0.1) is 0 Å². The summed E-state index contributed by atoms with van der Waals surface area (Å²) in [7, 11) is 0.458. The van der Waals surface area contributed by atoms with Crippen LogP contribution in [-0.4, -0.2) is 17.6 Å². The summed E-state index contributed by atoms with van der Waals surface area (Å²) in [4.78, 5) is 1.55. The van der Waals surface area contributed by atoms with Gasteiger partial charge >= 0.3 is 0 Å². The van der Waals surface area contributed by atoms with E-state index in [1.54, 1.807) is 4.90 Å². The molecule has 2 aromatic carbocycles. The standard InChI is InChI=1S/C17H21OS/c1-13(2)18-16-9-10-17(19-11-5-6-12-19)15-8-4-3-7-14(15)16/h3-4,7-10,13H,5-6,11-12H2,1-2H3/q+1. The first-order chi connectivity index (χ1) is 9.25. The second-order valence-electron chi connectivity index (χ2n) is 5.38. The number of rotatable bonds is 3. The Morgan fingerprint density at radius 1 is 0.947 bits per heavy atom. The molecule has 0 saturated carbocycles. The molecule has 0 unspecified atom stereocenters. The van der Waals surface area contributed by atoms with Gasteiger partial charge in [-0.15, -0.1) is 0 Å². The van der Waals surface area contributed by atoms with E-state index in [1.807, 2.05) is 0 Å². The van der Waals surface area contributed by atoms with Crippen molar-refractivity contribution in [2.24, 2.45) is 0 Å². The summed E-state index contributed by atoms with van der Waals surface area (Å²) in [6.07, 6.45) is 3.01. The van der Waals surface area contributed by atoms with Crippen LogP contribution in [0.2, 0.25) is 0 Å². The molecule has 0 bridgehead atoms. The Morgan fingerprint density at radius 2 is 1.63 bits per heavy atom. The fourth-order valence-electron chi connectivity index (χ4n) is 2.73. The minimum absolute atomic E-state index is 0.225. The lowest BCUT2D eigenvalue weighted by atomic mass is 10.1. The average Bonchev–Trinajstić information content (AvgIpc) is 2.92. The van der Waals surface area contributed by atoms with E-state index < -0.39 is 0 Å². The molecule has 0 atom stereocenters. The van der Waals surface area contributed by atoms with Gasteiger partial charge in [-0.3, -0.25) is 0 Å². The lowest BCUT2D eigenvalue weighted by Crippen LogP contribution is -2.08. The average molecular weight is 273 g/mol. The summed E-state index contributed by atoms with van der Waals surface area (Å²) in [6, 6.07) is 13.2. The zero-order valence-electron chi connectivity index (χ0n) is 11.7. The zero-order valence-corrected chi connectivity index (χ0v) is 12.5.